The molecular formula is C23H30N4O3. The van der Waals surface area contributed by atoms with Gasteiger partial charge in [-0.1, -0.05) is 31.4 Å². The molecule has 1 aliphatic carbocycles. The zero-order chi connectivity index (χ0) is 21.0. The van der Waals surface area contributed by atoms with Crippen LogP contribution in [0.25, 0.3) is 0 Å². The Morgan fingerprint density at radius 2 is 1.90 bits per heavy atom. The standard InChI is InChI=1S/C23H30N4O3/c1-17-7-5-9-20(24-17)26-21-10-6-8-18(25-21)19-16-27(13-14-30-19)22(28)15-23(29)11-3-2-4-12-23/h5-10,19,29H,2-4,11-16H2,1H3,(H,24,25,26). The minimum absolute atomic E-state index is 0.00550. The van der Waals surface area contributed by atoms with Gasteiger partial charge in [-0.2, -0.15) is 0 Å². The SMILES string of the molecule is Cc1cccc(Nc2cccc(C3CN(C(=O)CC4(O)CCCCC4)CCO3)n2)n1. The number of rotatable bonds is 5. The fraction of sp³-hybridized carbons (Fsp3) is 0.522. The van der Waals surface area contributed by atoms with Crippen LogP contribution in [0.1, 0.15) is 56.0 Å². The van der Waals surface area contributed by atoms with Gasteiger partial charge in [0.1, 0.15) is 17.7 Å². The van der Waals surface area contributed by atoms with E-state index in [9.17, 15) is 9.90 Å². The maximum atomic E-state index is 12.9. The van der Waals surface area contributed by atoms with E-state index in [4.69, 9.17) is 4.74 Å². The van der Waals surface area contributed by atoms with E-state index >= 15 is 0 Å². The summed E-state index contributed by atoms with van der Waals surface area (Å²) in [4.78, 5) is 23.8. The van der Waals surface area contributed by atoms with E-state index in [1.54, 1.807) is 0 Å². The summed E-state index contributed by atoms with van der Waals surface area (Å²) < 4.78 is 5.92. The van der Waals surface area contributed by atoms with Crippen LogP contribution >= 0.6 is 0 Å². The van der Waals surface area contributed by atoms with Gasteiger partial charge < -0.3 is 20.1 Å². The van der Waals surface area contributed by atoms with E-state index < -0.39 is 5.60 Å². The molecule has 1 aliphatic heterocycles. The highest BCUT2D eigenvalue weighted by atomic mass is 16.5. The van der Waals surface area contributed by atoms with Crippen molar-refractivity contribution in [3.63, 3.8) is 0 Å². The van der Waals surface area contributed by atoms with Gasteiger partial charge in [0.05, 0.1) is 30.9 Å². The zero-order valence-corrected chi connectivity index (χ0v) is 17.5. The number of aryl methyl sites for hydroxylation is 1. The highest BCUT2D eigenvalue weighted by Gasteiger charge is 2.35. The summed E-state index contributed by atoms with van der Waals surface area (Å²) in [5.41, 5.74) is 0.869. The molecule has 4 rings (SSSR count). The number of anilines is 2. The number of nitrogens with zero attached hydrogens (tertiary/aromatic N) is 3. The van der Waals surface area contributed by atoms with Gasteiger partial charge >= 0.3 is 0 Å². The highest BCUT2D eigenvalue weighted by molar-refractivity contribution is 5.77. The van der Waals surface area contributed by atoms with Crippen LogP contribution in [0.2, 0.25) is 0 Å². The number of pyridine rings is 2. The molecule has 2 aliphatic rings. The minimum Gasteiger partial charge on any atom is -0.389 e. The van der Waals surface area contributed by atoms with E-state index in [2.05, 4.69) is 15.3 Å². The van der Waals surface area contributed by atoms with E-state index in [0.717, 1.165) is 49.3 Å². The average Bonchev–Trinajstić information content (AvgIpc) is 2.74. The number of nitrogens with one attached hydrogen (secondary N) is 1. The predicted molar refractivity (Wildman–Crippen MR) is 114 cm³/mol. The van der Waals surface area contributed by atoms with Gasteiger partial charge in [-0.15, -0.1) is 0 Å². The van der Waals surface area contributed by atoms with Crippen LogP contribution in [0.3, 0.4) is 0 Å². The Balaban J connectivity index is 1.41. The van der Waals surface area contributed by atoms with Crippen molar-refractivity contribution in [2.45, 2.75) is 57.2 Å². The average molecular weight is 411 g/mol. The molecule has 2 aromatic rings. The van der Waals surface area contributed by atoms with Gasteiger partial charge in [0, 0.05) is 12.2 Å². The van der Waals surface area contributed by atoms with Crippen LogP contribution in [-0.2, 0) is 9.53 Å². The summed E-state index contributed by atoms with van der Waals surface area (Å²) >= 11 is 0. The second-order valence-electron chi connectivity index (χ2n) is 8.40. The van der Waals surface area contributed by atoms with E-state index in [1.165, 1.54) is 0 Å². The molecule has 2 fully saturated rings. The molecule has 160 valence electrons. The molecule has 30 heavy (non-hydrogen) atoms. The number of aromatic nitrogens is 2. The Morgan fingerprint density at radius 1 is 1.17 bits per heavy atom. The summed E-state index contributed by atoms with van der Waals surface area (Å²) in [7, 11) is 0. The first-order valence-corrected chi connectivity index (χ1v) is 10.8. The summed E-state index contributed by atoms with van der Waals surface area (Å²) in [6, 6.07) is 11.5. The Kier molecular flexibility index (Phi) is 6.29. The normalized spacial score (nSPS) is 21.3. The Labute approximate surface area is 177 Å². The monoisotopic (exact) mass is 410 g/mol. The Morgan fingerprint density at radius 3 is 2.67 bits per heavy atom. The highest BCUT2D eigenvalue weighted by Crippen LogP contribution is 2.32. The maximum absolute atomic E-state index is 12.9. The lowest BCUT2D eigenvalue weighted by Crippen LogP contribution is -2.46. The molecule has 0 spiro atoms. The molecule has 1 unspecified atom stereocenters. The van der Waals surface area contributed by atoms with Crippen molar-refractivity contribution in [1.29, 1.82) is 0 Å². The third kappa shape index (κ3) is 5.15. The quantitative estimate of drug-likeness (QED) is 0.784. The molecule has 2 aromatic heterocycles. The van der Waals surface area contributed by atoms with Crippen molar-refractivity contribution < 1.29 is 14.6 Å². The summed E-state index contributed by atoms with van der Waals surface area (Å²) in [5, 5.41) is 14.0. The van der Waals surface area contributed by atoms with Gasteiger partial charge in [0.15, 0.2) is 0 Å². The van der Waals surface area contributed by atoms with Crippen molar-refractivity contribution >= 4 is 17.5 Å². The van der Waals surface area contributed by atoms with Crippen molar-refractivity contribution in [1.82, 2.24) is 14.9 Å². The van der Waals surface area contributed by atoms with E-state index in [-0.39, 0.29) is 18.4 Å². The molecule has 1 saturated carbocycles. The van der Waals surface area contributed by atoms with Crippen molar-refractivity contribution in [2.24, 2.45) is 0 Å². The fourth-order valence-corrected chi connectivity index (χ4v) is 4.28. The van der Waals surface area contributed by atoms with Crippen molar-refractivity contribution in [3.05, 3.63) is 47.8 Å². The smallest absolute Gasteiger partial charge is 0.225 e. The molecule has 1 amide bonds. The number of hydrogen-bond donors (Lipinski definition) is 2. The molecule has 0 radical (unpaired) electrons. The van der Waals surface area contributed by atoms with E-state index in [0.29, 0.717) is 25.5 Å². The maximum Gasteiger partial charge on any atom is 0.225 e. The van der Waals surface area contributed by atoms with Gasteiger partial charge in [-0.25, -0.2) is 9.97 Å². The molecule has 7 heteroatoms. The lowest BCUT2D eigenvalue weighted by atomic mass is 9.82. The lowest BCUT2D eigenvalue weighted by molar-refractivity contribution is -0.145. The van der Waals surface area contributed by atoms with Gasteiger partial charge in [-0.05, 0) is 44.0 Å². The number of carbonyl (C=O) groups excluding carboxylic acids is 1. The number of carbonyl (C=O) groups is 1. The Bertz CT molecular complexity index is 882. The molecule has 1 atom stereocenters. The summed E-state index contributed by atoms with van der Waals surface area (Å²) in [6.45, 7) is 3.42. The van der Waals surface area contributed by atoms with Crippen LogP contribution in [-0.4, -0.2) is 51.2 Å². The Hall–Kier alpha value is -2.51. The van der Waals surface area contributed by atoms with E-state index in [1.807, 2.05) is 48.2 Å². The second-order valence-corrected chi connectivity index (χ2v) is 8.40. The van der Waals surface area contributed by atoms with Crippen LogP contribution < -0.4 is 5.32 Å². The molecule has 3 heterocycles. The number of ether oxygens (including phenoxy) is 1. The first-order chi connectivity index (χ1) is 14.5. The topological polar surface area (TPSA) is 87.6 Å². The number of amides is 1. The first-order valence-electron chi connectivity index (χ1n) is 10.8. The largest absolute Gasteiger partial charge is 0.389 e. The number of hydrogen-bond acceptors (Lipinski definition) is 6. The van der Waals surface area contributed by atoms with Crippen molar-refractivity contribution in [3.8, 4) is 0 Å². The van der Waals surface area contributed by atoms with Crippen LogP contribution in [0, 0.1) is 6.92 Å². The molecule has 7 nitrogen and oxygen atoms in total. The van der Waals surface area contributed by atoms with Crippen LogP contribution in [0.4, 0.5) is 11.6 Å². The predicted octanol–water partition coefficient (Wildman–Crippen LogP) is 3.51. The van der Waals surface area contributed by atoms with Gasteiger partial charge in [0.2, 0.25) is 5.91 Å². The molecular weight excluding hydrogens is 380 g/mol. The summed E-state index contributed by atoms with van der Waals surface area (Å²) in [5.74, 6) is 1.43. The minimum atomic E-state index is -0.841. The van der Waals surface area contributed by atoms with Gasteiger partial charge in [-0.3, -0.25) is 4.79 Å². The molecule has 0 aromatic carbocycles. The van der Waals surface area contributed by atoms with Gasteiger partial charge in [0.25, 0.3) is 0 Å². The number of morpholine rings is 1. The summed E-state index contributed by atoms with van der Waals surface area (Å²) in [6.07, 6.45) is 4.49. The first kappa shape index (κ1) is 20.8. The molecule has 2 N–H and O–H groups in total. The van der Waals surface area contributed by atoms with Crippen molar-refractivity contribution in [2.75, 3.05) is 25.0 Å². The molecule has 0 bridgehead atoms. The van der Waals surface area contributed by atoms with Crippen LogP contribution in [0.15, 0.2) is 36.4 Å². The number of aliphatic hydroxyl groups is 1. The fourth-order valence-electron chi connectivity index (χ4n) is 4.28. The third-order valence-corrected chi connectivity index (χ3v) is 5.93. The third-order valence-electron chi connectivity index (χ3n) is 5.93. The lowest BCUT2D eigenvalue weighted by Gasteiger charge is -2.37. The molecule has 1 saturated heterocycles. The zero-order valence-electron chi connectivity index (χ0n) is 17.5. The van der Waals surface area contributed by atoms with Crippen LogP contribution in [0.5, 0.6) is 0 Å². The second kappa shape index (κ2) is 9.10.